The fraction of sp³-hybridized carbons (Fsp3) is 0.933. The maximum Gasteiger partial charge on any atom is 0.225 e. The average Bonchev–Trinajstić information content (AvgIpc) is 2.88. The van der Waals surface area contributed by atoms with Gasteiger partial charge >= 0.3 is 0 Å². The number of ether oxygens (including phenoxy) is 2. The molecular weight excluding hydrogens is 256 g/mol. The Morgan fingerprint density at radius 2 is 2.30 bits per heavy atom. The Labute approximate surface area is 121 Å². The maximum atomic E-state index is 12.3. The highest BCUT2D eigenvalue weighted by Gasteiger charge is 2.38. The number of rotatable bonds is 5. The molecular formula is C15H28N2O3. The first kappa shape index (κ1) is 15.7. The first-order valence-corrected chi connectivity index (χ1v) is 7.77. The van der Waals surface area contributed by atoms with Crippen molar-refractivity contribution in [1.29, 1.82) is 0 Å². The molecule has 1 aliphatic heterocycles. The van der Waals surface area contributed by atoms with Crippen molar-refractivity contribution < 1.29 is 14.3 Å². The van der Waals surface area contributed by atoms with Crippen molar-refractivity contribution in [2.75, 3.05) is 19.8 Å². The second kappa shape index (κ2) is 6.87. The summed E-state index contributed by atoms with van der Waals surface area (Å²) in [5.74, 6) is 0.00184. The Hall–Kier alpha value is -0.650. The molecule has 2 rings (SSSR count). The predicted octanol–water partition coefficient (Wildman–Crippen LogP) is 1.20. The van der Waals surface area contributed by atoms with Crippen LogP contribution in [0.1, 0.15) is 46.0 Å². The van der Waals surface area contributed by atoms with Gasteiger partial charge in [0.2, 0.25) is 5.91 Å². The molecule has 1 aliphatic carbocycles. The minimum absolute atomic E-state index is 0.0147. The van der Waals surface area contributed by atoms with Crippen LogP contribution in [0, 0.1) is 5.92 Å². The highest BCUT2D eigenvalue weighted by atomic mass is 16.5. The van der Waals surface area contributed by atoms with Crippen molar-refractivity contribution >= 4 is 5.91 Å². The zero-order valence-corrected chi connectivity index (χ0v) is 12.7. The van der Waals surface area contributed by atoms with Crippen LogP contribution in [0.25, 0.3) is 0 Å². The molecule has 20 heavy (non-hydrogen) atoms. The predicted molar refractivity (Wildman–Crippen MR) is 77.3 cm³/mol. The molecule has 2 fully saturated rings. The van der Waals surface area contributed by atoms with Gasteiger partial charge in [-0.3, -0.25) is 4.79 Å². The van der Waals surface area contributed by atoms with Crippen molar-refractivity contribution in [2.45, 2.75) is 63.6 Å². The van der Waals surface area contributed by atoms with E-state index in [4.69, 9.17) is 15.2 Å². The summed E-state index contributed by atoms with van der Waals surface area (Å²) in [6.45, 7) is 5.95. The zero-order valence-electron chi connectivity index (χ0n) is 12.7. The molecule has 3 N–H and O–H groups in total. The lowest BCUT2D eigenvalue weighted by molar-refractivity contribution is -0.129. The van der Waals surface area contributed by atoms with E-state index in [1.165, 1.54) is 0 Å². The Morgan fingerprint density at radius 1 is 1.50 bits per heavy atom. The van der Waals surface area contributed by atoms with E-state index in [1.807, 2.05) is 13.8 Å². The molecule has 0 spiro atoms. The number of hydrogen-bond acceptors (Lipinski definition) is 4. The highest BCUT2D eigenvalue weighted by molar-refractivity contribution is 5.80. The summed E-state index contributed by atoms with van der Waals surface area (Å²) >= 11 is 0. The fourth-order valence-corrected chi connectivity index (χ4v) is 3.10. The quantitative estimate of drug-likeness (QED) is 0.795. The number of amides is 1. The van der Waals surface area contributed by atoms with Gasteiger partial charge in [0, 0.05) is 18.2 Å². The van der Waals surface area contributed by atoms with E-state index < -0.39 is 0 Å². The van der Waals surface area contributed by atoms with Gasteiger partial charge in [0.25, 0.3) is 0 Å². The van der Waals surface area contributed by atoms with Gasteiger partial charge in [-0.25, -0.2) is 0 Å². The van der Waals surface area contributed by atoms with Crippen LogP contribution in [0.3, 0.4) is 0 Å². The monoisotopic (exact) mass is 284 g/mol. The Balaban J connectivity index is 1.74. The largest absolute Gasteiger partial charge is 0.379 e. The molecule has 5 heteroatoms. The summed E-state index contributed by atoms with van der Waals surface area (Å²) in [6, 6.07) is 0.0147. The molecule has 4 atom stereocenters. The smallest absolute Gasteiger partial charge is 0.225 e. The van der Waals surface area contributed by atoms with E-state index in [9.17, 15) is 4.79 Å². The van der Waals surface area contributed by atoms with Crippen molar-refractivity contribution in [1.82, 2.24) is 5.32 Å². The summed E-state index contributed by atoms with van der Waals surface area (Å²) < 4.78 is 11.0. The molecule has 5 nitrogen and oxygen atoms in total. The first-order chi connectivity index (χ1) is 9.49. The van der Waals surface area contributed by atoms with E-state index >= 15 is 0 Å². The van der Waals surface area contributed by atoms with E-state index in [1.54, 1.807) is 0 Å². The summed E-state index contributed by atoms with van der Waals surface area (Å²) in [6.07, 6.45) is 5.16. The number of carbonyl (C=O) groups excluding carboxylic acids is 1. The Morgan fingerprint density at radius 3 is 2.95 bits per heavy atom. The number of nitrogens with two attached hydrogens (primary N) is 1. The van der Waals surface area contributed by atoms with Crippen molar-refractivity contribution in [2.24, 2.45) is 11.7 Å². The lowest BCUT2D eigenvalue weighted by Gasteiger charge is -2.37. The molecule has 2 aliphatic rings. The van der Waals surface area contributed by atoms with Gasteiger partial charge in [0.15, 0.2) is 0 Å². The average molecular weight is 284 g/mol. The van der Waals surface area contributed by atoms with Gasteiger partial charge in [-0.15, -0.1) is 0 Å². The molecule has 0 bridgehead atoms. The third kappa shape index (κ3) is 4.17. The molecule has 1 amide bonds. The van der Waals surface area contributed by atoms with Crippen LogP contribution in [-0.2, 0) is 14.3 Å². The minimum Gasteiger partial charge on any atom is -0.379 e. The number of carbonyl (C=O) groups is 1. The van der Waals surface area contributed by atoms with E-state index in [-0.39, 0.29) is 29.5 Å². The molecule has 0 aromatic heterocycles. The van der Waals surface area contributed by atoms with Crippen LogP contribution in [0.2, 0.25) is 0 Å². The standard InChI is InChI=1S/C15H28N2O3/c1-11(9-20-12-6-8-19-10-12)17-14(18)13-5-3-4-7-15(13,2)16/h11-13H,3-10,16H2,1-2H3,(H,17,18). The van der Waals surface area contributed by atoms with Gasteiger partial charge in [-0.05, 0) is 33.1 Å². The molecule has 1 saturated heterocycles. The third-order valence-corrected chi connectivity index (χ3v) is 4.43. The van der Waals surface area contributed by atoms with Gasteiger partial charge < -0.3 is 20.5 Å². The second-order valence-corrected chi connectivity index (χ2v) is 6.53. The van der Waals surface area contributed by atoms with Gasteiger partial charge in [0.05, 0.1) is 25.2 Å². The molecule has 4 unspecified atom stereocenters. The topological polar surface area (TPSA) is 73.6 Å². The summed E-state index contributed by atoms with van der Waals surface area (Å²) in [5.41, 5.74) is 5.89. The molecule has 1 heterocycles. The molecule has 116 valence electrons. The van der Waals surface area contributed by atoms with Crippen LogP contribution in [0.15, 0.2) is 0 Å². The van der Waals surface area contributed by atoms with E-state index in [2.05, 4.69) is 5.32 Å². The van der Waals surface area contributed by atoms with E-state index in [0.717, 1.165) is 38.7 Å². The van der Waals surface area contributed by atoms with E-state index in [0.29, 0.717) is 13.2 Å². The van der Waals surface area contributed by atoms with Gasteiger partial charge in [-0.2, -0.15) is 0 Å². The van der Waals surface area contributed by atoms with Crippen molar-refractivity contribution in [3.8, 4) is 0 Å². The molecule has 1 saturated carbocycles. The van der Waals surface area contributed by atoms with Crippen LogP contribution in [-0.4, -0.2) is 43.4 Å². The van der Waals surface area contributed by atoms with Crippen LogP contribution in [0.5, 0.6) is 0 Å². The molecule has 0 aromatic rings. The van der Waals surface area contributed by atoms with Crippen LogP contribution >= 0.6 is 0 Å². The normalized spacial score (nSPS) is 35.8. The van der Waals surface area contributed by atoms with Gasteiger partial charge in [0.1, 0.15) is 0 Å². The van der Waals surface area contributed by atoms with Gasteiger partial charge in [-0.1, -0.05) is 12.8 Å². The fourth-order valence-electron chi connectivity index (χ4n) is 3.10. The summed E-state index contributed by atoms with van der Waals surface area (Å²) in [4.78, 5) is 12.3. The summed E-state index contributed by atoms with van der Waals surface area (Å²) in [5, 5.41) is 3.04. The maximum absolute atomic E-state index is 12.3. The van der Waals surface area contributed by atoms with Crippen molar-refractivity contribution in [3.05, 3.63) is 0 Å². The van der Waals surface area contributed by atoms with Crippen LogP contribution < -0.4 is 11.1 Å². The second-order valence-electron chi connectivity index (χ2n) is 6.53. The minimum atomic E-state index is -0.373. The SMILES string of the molecule is CC(COC1CCOC1)NC(=O)C1CCCCC1(C)N. The summed E-state index contributed by atoms with van der Waals surface area (Å²) in [7, 11) is 0. The molecule has 0 aromatic carbocycles. The Bertz CT molecular complexity index is 327. The zero-order chi connectivity index (χ0) is 14.6. The lowest BCUT2D eigenvalue weighted by atomic mass is 9.74. The first-order valence-electron chi connectivity index (χ1n) is 7.77. The Kier molecular flexibility index (Phi) is 5.41. The molecule has 0 radical (unpaired) electrons. The number of nitrogens with one attached hydrogen (secondary N) is 1. The van der Waals surface area contributed by atoms with Crippen LogP contribution in [0.4, 0.5) is 0 Å². The lowest BCUT2D eigenvalue weighted by Crippen LogP contribution is -2.54. The number of hydrogen-bond donors (Lipinski definition) is 2. The third-order valence-electron chi connectivity index (χ3n) is 4.43. The van der Waals surface area contributed by atoms with Crippen molar-refractivity contribution in [3.63, 3.8) is 0 Å². The highest BCUT2D eigenvalue weighted by Crippen LogP contribution is 2.31.